The van der Waals surface area contributed by atoms with E-state index in [1.54, 1.807) is 4.90 Å². The molecule has 1 heterocycles. The molecular weight excluding hydrogens is 322 g/mol. The Bertz CT molecular complexity index is 846. The SMILES string of the molecule is CC(C(=O)N1Cc2ccccc2C(c2ccccc2)C1)S(C)(=O)=O. The van der Waals surface area contributed by atoms with Crippen LogP contribution in [-0.4, -0.2) is 37.3 Å². The van der Waals surface area contributed by atoms with Gasteiger partial charge < -0.3 is 4.90 Å². The van der Waals surface area contributed by atoms with E-state index in [2.05, 4.69) is 18.2 Å². The van der Waals surface area contributed by atoms with Crippen molar-refractivity contribution in [2.24, 2.45) is 0 Å². The van der Waals surface area contributed by atoms with Crippen LogP contribution in [0.15, 0.2) is 54.6 Å². The third-order valence-electron chi connectivity index (χ3n) is 4.70. The van der Waals surface area contributed by atoms with Gasteiger partial charge in [0.05, 0.1) is 0 Å². The minimum Gasteiger partial charge on any atom is -0.336 e. The van der Waals surface area contributed by atoms with Crippen LogP contribution >= 0.6 is 0 Å². The highest BCUT2D eigenvalue weighted by Gasteiger charge is 2.34. The summed E-state index contributed by atoms with van der Waals surface area (Å²) >= 11 is 0. The van der Waals surface area contributed by atoms with Gasteiger partial charge in [0.1, 0.15) is 5.25 Å². The predicted octanol–water partition coefficient (Wildman–Crippen LogP) is 2.59. The highest BCUT2D eigenvalue weighted by Crippen LogP contribution is 2.33. The van der Waals surface area contributed by atoms with E-state index in [0.717, 1.165) is 17.4 Å². The van der Waals surface area contributed by atoms with Crippen molar-refractivity contribution >= 4 is 15.7 Å². The lowest BCUT2D eigenvalue weighted by Gasteiger charge is -2.36. The number of hydrogen-bond acceptors (Lipinski definition) is 3. The van der Waals surface area contributed by atoms with Gasteiger partial charge in [0, 0.05) is 25.3 Å². The molecule has 0 spiro atoms. The third-order valence-corrected chi connectivity index (χ3v) is 6.18. The summed E-state index contributed by atoms with van der Waals surface area (Å²) in [5, 5.41) is -1.01. The van der Waals surface area contributed by atoms with Crippen LogP contribution in [-0.2, 0) is 21.2 Å². The Hall–Kier alpha value is -2.14. The summed E-state index contributed by atoms with van der Waals surface area (Å²) < 4.78 is 23.5. The molecule has 0 aliphatic carbocycles. The van der Waals surface area contributed by atoms with Gasteiger partial charge in [0.15, 0.2) is 9.84 Å². The van der Waals surface area contributed by atoms with Gasteiger partial charge in [0.2, 0.25) is 5.91 Å². The summed E-state index contributed by atoms with van der Waals surface area (Å²) in [6.07, 6.45) is 1.11. The summed E-state index contributed by atoms with van der Waals surface area (Å²) in [6, 6.07) is 18.1. The fraction of sp³-hybridized carbons (Fsp3) is 0.316. The number of rotatable bonds is 3. The summed E-state index contributed by atoms with van der Waals surface area (Å²) in [5.74, 6) is -0.264. The van der Waals surface area contributed by atoms with E-state index in [1.807, 2.05) is 36.4 Å². The van der Waals surface area contributed by atoms with Crippen LogP contribution in [0.4, 0.5) is 0 Å². The van der Waals surface area contributed by atoms with E-state index in [9.17, 15) is 13.2 Å². The van der Waals surface area contributed by atoms with Crippen molar-refractivity contribution in [2.45, 2.75) is 24.6 Å². The molecule has 126 valence electrons. The standard InChI is InChI=1S/C19H21NO3S/c1-14(24(2,22)23)19(21)20-12-16-10-6-7-11-17(16)18(13-20)15-8-4-3-5-9-15/h3-11,14,18H,12-13H2,1-2H3. The molecule has 5 heteroatoms. The Balaban J connectivity index is 1.98. The fourth-order valence-electron chi connectivity index (χ4n) is 3.19. The summed E-state index contributed by atoms with van der Waals surface area (Å²) in [7, 11) is -3.40. The average molecular weight is 343 g/mol. The van der Waals surface area contributed by atoms with E-state index in [1.165, 1.54) is 12.5 Å². The number of fused-ring (bicyclic) bond motifs is 1. The molecule has 0 aromatic heterocycles. The molecule has 2 aromatic rings. The van der Waals surface area contributed by atoms with Crippen molar-refractivity contribution in [3.8, 4) is 0 Å². The van der Waals surface area contributed by atoms with Crippen LogP contribution in [0, 0.1) is 0 Å². The fourth-order valence-corrected chi connectivity index (χ4v) is 3.70. The van der Waals surface area contributed by atoms with Crippen molar-refractivity contribution in [3.05, 3.63) is 71.3 Å². The lowest BCUT2D eigenvalue weighted by Crippen LogP contribution is -2.45. The maximum atomic E-state index is 12.7. The maximum Gasteiger partial charge on any atom is 0.240 e. The van der Waals surface area contributed by atoms with Gasteiger partial charge in [-0.2, -0.15) is 0 Å². The van der Waals surface area contributed by atoms with Crippen molar-refractivity contribution in [2.75, 3.05) is 12.8 Å². The monoisotopic (exact) mass is 343 g/mol. The quantitative estimate of drug-likeness (QED) is 0.861. The second-order valence-corrected chi connectivity index (χ2v) is 8.72. The molecule has 2 atom stereocenters. The van der Waals surface area contributed by atoms with Gasteiger partial charge in [0.25, 0.3) is 0 Å². The number of carbonyl (C=O) groups excluding carboxylic acids is 1. The van der Waals surface area contributed by atoms with Gasteiger partial charge >= 0.3 is 0 Å². The molecular formula is C19H21NO3S. The molecule has 2 aromatic carbocycles. The largest absolute Gasteiger partial charge is 0.336 e. The number of nitrogens with zero attached hydrogens (tertiary/aromatic N) is 1. The molecule has 0 N–H and O–H groups in total. The smallest absolute Gasteiger partial charge is 0.240 e. The van der Waals surface area contributed by atoms with Crippen molar-refractivity contribution in [1.82, 2.24) is 4.90 Å². The minimum absolute atomic E-state index is 0.0619. The molecule has 4 nitrogen and oxygen atoms in total. The first-order valence-corrected chi connectivity index (χ1v) is 9.94. The average Bonchev–Trinajstić information content (AvgIpc) is 2.59. The first kappa shape index (κ1) is 16.7. The van der Waals surface area contributed by atoms with E-state index in [4.69, 9.17) is 0 Å². The normalized spacial score (nSPS) is 18.8. The van der Waals surface area contributed by atoms with Crippen LogP contribution in [0.3, 0.4) is 0 Å². The molecule has 1 aliphatic rings. The zero-order valence-electron chi connectivity index (χ0n) is 13.8. The Morgan fingerprint density at radius 2 is 1.71 bits per heavy atom. The lowest BCUT2D eigenvalue weighted by molar-refractivity contribution is -0.131. The summed E-state index contributed by atoms with van der Waals surface area (Å²) in [5.41, 5.74) is 3.42. The van der Waals surface area contributed by atoms with E-state index < -0.39 is 15.1 Å². The molecule has 1 amide bonds. The zero-order valence-corrected chi connectivity index (χ0v) is 14.7. The Morgan fingerprint density at radius 1 is 1.08 bits per heavy atom. The third kappa shape index (κ3) is 3.22. The van der Waals surface area contributed by atoms with E-state index in [-0.39, 0.29) is 11.8 Å². The Labute approximate surface area is 143 Å². The van der Waals surface area contributed by atoms with Gasteiger partial charge in [-0.25, -0.2) is 8.42 Å². The number of carbonyl (C=O) groups is 1. The van der Waals surface area contributed by atoms with Gasteiger partial charge in [-0.15, -0.1) is 0 Å². The Morgan fingerprint density at radius 3 is 2.38 bits per heavy atom. The lowest BCUT2D eigenvalue weighted by atomic mass is 9.84. The van der Waals surface area contributed by atoms with Gasteiger partial charge in [-0.05, 0) is 23.6 Å². The van der Waals surface area contributed by atoms with Crippen molar-refractivity contribution in [3.63, 3.8) is 0 Å². The first-order chi connectivity index (χ1) is 11.4. The molecule has 24 heavy (non-hydrogen) atoms. The molecule has 0 fully saturated rings. The number of sulfone groups is 1. The molecule has 0 bridgehead atoms. The Kier molecular flexibility index (Phi) is 4.45. The first-order valence-electron chi connectivity index (χ1n) is 7.98. The van der Waals surface area contributed by atoms with Crippen LogP contribution in [0.25, 0.3) is 0 Å². The topological polar surface area (TPSA) is 54.5 Å². The molecule has 3 rings (SSSR count). The molecule has 2 unspecified atom stereocenters. The second kappa shape index (κ2) is 6.40. The van der Waals surface area contributed by atoms with Gasteiger partial charge in [-0.1, -0.05) is 54.6 Å². The highest BCUT2D eigenvalue weighted by atomic mass is 32.2. The molecule has 1 aliphatic heterocycles. The van der Waals surface area contributed by atoms with Crippen LogP contribution in [0.1, 0.15) is 29.5 Å². The zero-order chi connectivity index (χ0) is 17.3. The predicted molar refractivity (Wildman–Crippen MR) is 94.4 cm³/mol. The molecule has 0 saturated heterocycles. The molecule has 0 radical (unpaired) electrons. The summed E-state index contributed by atoms with van der Waals surface area (Å²) in [4.78, 5) is 14.4. The summed E-state index contributed by atoms with van der Waals surface area (Å²) in [6.45, 7) is 2.42. The number of amides is 1. The van der Waals surface area contributed by atoms with Crippen molar-refractivity contribution in [1.29, 1.82) is 0 Å². The molecule has 0 saturated carbocycles. The number of hydrogen-bond donors (Lipinski definition) is 0. The van der Waals surface area contributed by atoms with Gasteiger partial charge in [-0.3, -0.25) is 4.79 Å². The van der Waals surface area contributed by atoms with Crippen LogP contribution in [0.5, 0.6) is 0 Å². The van der Waals surface area contributed by atoms with Crippen LogP contribution in [0.2, 0.25) is 0 Å². The van der Waals surface area contributed by atoms with Crippen molar-refractivity contribution < 1.29 is 13.2 Å². The minimum atomic E-state index is -3.40. The maximum absolute atomic E-state index is 12.7. The second-order valence-electron chi connectivity index (χ2n) is 6.35. The van der Waals surface area contributed by atoms with Crippen LogP contribution < -0.4 is 0 Å². The highest BCUT2D eigenvalue weighted by molar-refractivity contribution is 7.92. The van der Waals surface area contributed by atoms with E-state index in [0.29, 0.717) is 13.1 Å². The van der Waals surface area contributed by atoms with E-state index >= 15 is 0 Å². The number of benzene rings is 2.